The number of methoxy groups -OCH3 is 2. The Balaban J connectivity index is 1.63. The summed E-state index contributed by atoms with van der Waals surface area (Å²) in [6, 6.07) is 14.1. The highest BCUT2D eigenvalue weighted by molar-refractivity contribution is 7.07. The number of fused-ring (bicyclic) bond motifs is 1. The van der Waals surface area contributed by atoms with E-state index in [4.69, 9.17) is 23.7 Å². The summed E-state index contributed by atoms with van der Waals surface area (Å²) in [5.74, 6) is 0.344. The number of carbonyl (C=O) groups is 2. The number of ether oxygens (including phenoxy) is 3. The lowest BCUT2D eigenvalue weighted by molar-refractivity contribution is -0.139. The first kappa shape index (κ1) is 27.7. The minimum absolute atomic E-state index is 0.159. The Labute approximate surface area is 238 Å². The highest BCUT2D eigenvalue weighted by atomic mass is 32.1. The number of allylic oxidation sites excluding steroid dienone is 1. The number of carboxylic acid groups (broad SMARTS) is 1. The van der Waals surface area contributed by atoms with Crippen molar-refractivity contribution in [3.63, 3.8) is 0 Å². The highest BCUT2D eigenvalue weighted by Gasteiger charge is 2.35. The molecule has 1 atom stereocenters. The Kier molecular flexibility index (Phi) is 7.62. The number of aromatic nitrogens is 1. The quantitative estimate of drug-likeness (QED) is 0.315. The third-order valence-electron chi connectivity index (χ3n) is 6.57. The molecule has 11 heteroatoms. The van der Waals surface area contributed by atoms with E-state index >= 15 is 0 Å². The van der Waals surface area contributed by atoms with E-state index in [-0.39, 0.29) is 23.3 Å². The van der Waals surface area contributed by atoms with Crippen LogP contribution < -0.4 is 24.4 Å². The Hall–Kier alpha value is -4.90. The molecule has 0 fully saturated rings. The molecule has 3 heterocycles. The summed E-state index contributed by atoms with van der Waals surface area (Å²) in [6.07, 6.45) is 1.62. The molecule has 0 unspecified atom stereocenters. The molecule has 0 amide bonds. The second kappa shape index (κ2) is 11.3. The van der Waals surface area contributed by atoms with Crippen LogP contribution in [0, 0.1) is 0 Å². The van der Waals surface area contributed by atoms with Crippen LogP contribution in [0.5, 0.6) is 11.5 Å². The monoisotopic (exact) mass is 574 g/mol. The largest absolute Gasteiger partial charge is 0.497 e. The van der Waals surface area contributed by atoms with Gasteiger partial charge < -0.3 is 23.7 Å². The number of hydrogen-bond acceptors (Lipinski definition) is 9. The van der Waals surface area contributed by atoms with Gasteiger partial charge >= 0.3 is 11.9 Å². The Morgan fingerprint density at radius 1 is 1.10 bits per heavy atom. The van der Waals surface area contributed by atoms with E-state index in [0.29, 0.717) is 49.2 Å². The smallest absolute Gasteiger partial charge is 0.338 e. The van der Waals surface area contributed by atoms with E-state index in [9.17, 15) is 14.4 Å². The van der Waals surface area contributed by atoms with E-state index in [1.54, 1.807) is 62.4 Å². The van der Waals surface area contributed by atoms with Crippen LogP contribution in [-0.2, 0) is 9.53 Å². The molecule has 1 aliphatic heterocycles. The zero-order valence-electron chi connectivity index (χ0n) is 22.7. The van der Waals surface area contributed by atoms with Crippen LogP contribution in [-0.4, -0.2) is 42.4 Å². The predicted octanol–water partition coefficient (Wildman–Crippen LogP) is 3.77. The SMILES string of the molecule is CCOC(=O)C1=C(C)N=c2sc(=Cc3ccc(-c4ccc(C(=O)O)cc4)o3)c(=O)n2[C@@H]1c1ccc(OC)cc1OC. The van der Waals surface area contributed by atoms with Gasteiger partial charge in [-0.3, -0.25) is 9.36 Å². The highest BCUT2D eigenvalue weighted by Crippen LogP contribution is 2.37. The zero-order chi connectivity index (χ0) is 29.3. The van der Waals surface area contributed by atoms with Gasteiger partial charge in [0.05, 0.1) is 42.2 Å². The Morgan fingerprint density at radius 2 is 1.85 bits per heavy atom. The molecule has 2 aromatic heterocycles. The molecule has 10 nitrogen and oxygen atoms in total. The molecule has 1 aliphatic rings. The summed E-state index contributed by atoms with van der Waals surface area (Å²) < 4.78 is 24.1. The molecular weight excluding hydrogens is 548 g/mol. The second-order valence-electron chi connectivity index (χ2n) is 8.99. The lowest BCUT2D eigenvalue weighted by Crippen LogP contribution is -2.40. The molecule has 0 bridgehead atoms. The van der Waals surface area contributed by atoms with Crippen LogP contribution in [0.25, 0.3) is 17.4 Å². The van der Waals surface area contributed by atoms with Gasteiger partial charge in [-0.15, -0.1) is 0 Å². The van der Waals surface area contributed by atoms with Crippen LogP contribution in [0.2, 0.25) is 0 Å². The Morgan fingerprint density at radius 3 is 2.51 bits per heavy atom. The fourth-order valence-corrected chi connectivity index (χ4v) is 5.65. The van der Waals surface area contributed by atoms with E-state index in [1.807, 2.05) is 0 Å². The Bertz CT molecular complexity index is 1860. The molecular formula is C30H26N2O8S. The van der Waals surface area contributed by atoms with E-state index in [0.717, 1.165) is 0 Å². The van der Waals surface area contributed by atoms with Crippen molar-refractivity contribution in [2.45, 2.75) is 19.9 Å². The van der Waals surface area contributed by atoms with Crippen molar-refractivity contribution < 1.29 is 33.3 Å². The fraction of sp³-hybridized carbons (Fsp3) is 0.200. The van der Waals surface area contributed by atoms with Crippen LogP contribution in [0.3, 0.4) is 0 Å². The van der Waals surface area contributed by atoms with E-state index < -0.39 is 18.0 Å². The molecule has 0 saturated carbocycles. The topological polar surface area (TPSA) is 130 Å². The van der Waals surface area contributed by atoms with Crippen molar-refractivity contribution in [2.75, 3.05) is 20.8 Å². The summed E-state index contributed by atoms with van der Waals surface area (Å²) >= 11 is 1.17. The zero-order valence-corrected chi connectivity index (χ0v) is 23.5. The number of carbonyl (C=O) groups excluding carboxylic acids is 1. The van der Waals surface area contributed by atoms with Crippen LogP contribution >= 0.6 is 11.3 Å². The molecule has 5 rings (SSSR count). The van der Waals surface area contributed by atoms with Gasteiger partial charge in [0, 0.05) is 23.3 Å². The number of esters is 1. The molecule has 0 radical (unpaired) electrons. The number of carboxylic acids is 1. The van der Waals surface area contributed by atoms with Crippen LogP contribution in [0.4, 0.5) is 0 Å². The number of hydrogen-bond donors (Lipinski definition) is 1. The standard InChI is InChI=1S/C30H26N2O8S/c1-5-39-29(36)25-16(2)31-30-32(26(25)21-12-10-19(37-3)14-23(21)38-4)27(33)24(41-30)15-20-11-13-22(40-20)17-6-8-18(9-7-17)28(34)35/h6-15,26H,5H2,1-4H3,(H,34,35)/t26-/m1/s1. The molecule has 0 saturated heterocycles. The summed E-state index contributed by atoms with van der Waals surface area (Å²) in [5.41, 5.74) is 1.74. The minimum atomic E-state index is -1.01. The van der Waals surface area contributed by atoms with E-state index in [2.05, 4.69) is 4.99 Å². The predicted molar refractivity (Wildman–Crippen MR) is 151 cm³/mol. The van der Waals surface area contributed by atoms with Crippen molar-refractivity contribution >= 4 is 29.4 Å². The number of aromatic carboxylic acids is 1. The van der Waals surface area contributed by atoms with Crippen LogP contribution in [0.15, 0.2) is 80.1 Å². The molecule has 0 spiro atoms. The molecule has 2 aromatic carbocycles. The first-order valence-corrected chi connectivity index (χ1v) is 13.4. The molecule has 0 aliphatic carbocycles. The minimum Gasteiger partial charge on any atom is -0.497 e. The lowest BCUT2D eigenvalue weighted by atomic mass is 9.95. The fourth-order valence-electron chi connectivity index (χ4n) is 4.62. The van der Waals surface area contributed by atoms with Gasteiger partial charge in [0.15, 0.2) is 4.80 Å². The first-order chi connectivity index (χ1) is 19.7. The molecule has 41 heavy (non-hydrogen) atoms. The van der Waals surface area contributed by atoms with Crippen molar-refractivity contribution in [1.29, 1.82) is 0 Å². The number of benzene rings is 2. The van der Waals surface area contributed by atoms with Crippen LogP contribution in [0.1, 0.15) is 41.6 Å². The number of rotatable bonds is 8. The average Bonchev–Trinajstić information content (AvgIpc) is 3.56. The number of nitrogens with zero attached hydrogens (tertiary/aromatic N) is 2. The van der Waals surface area contributed by atoms with Gasteiger partial charge in [-0.1, -0.05) is 23.5 Å². The summed E-state index contributed by atoms with van der Waals surface area (Å²) in [5, 5.41) is 9.14. The number of furan rings is 1. The maximum atomic E-state index is 13.9. The molecule has 1 N–H and O–H groups in total. The summed E-state index contributed by atoms with van der Waals surface area (Å²) in [7, 11) is 3.04. The van der Waals surface area contributed by atoms with Crippen molar-refractivity contribution in [1.82, 2.24) is 4.57 Å². The van der Waals surface area contributed by atoms with Gasteiger partial charge in [-0.25, -0.2) is 14.6 Å². The van der Waals surface area contributed by atoms with Crippen molar-refractivity contribution in [2.24, 2.45) is 4.99 Å². The van der Waals surface area contributed by atoms with Gasteiger partial charge in [-0.2, -0.15) is 0 Å². The third kappa shape index (κ3) is 5.19. The molecule has 4 aromatic rings. The van der Waals surface area contributed by atoms with Gasteiger partial charge in [0.25, 0.3) is 5.56 Å². The number of thiazole rings is 1. The maximum Gasteiger partial charge on any atom is 0.338 e. The summed E-state index contributed by atoms with van der Waals surface area (Å²) in [6.45, 7) is 3.58. The average molecular weight is 575 g/mol. The second-order valence-corrected chi connectivity index (χ2v) is 10.0. The summed E-state index contributed by atoms with van der Waals surface area (Å²) in [4.78, 5) is 43.2. The maximum absolute atomic E-state index is 13.9. The van der Waals surface area contributed by atoms with Crippen molar-refractivity contribution in [3.05, 3.63) is 102 Å². The van der Waals surface area contributed by atoms with E-state index in [1.165, 1.54) is 42.3 Å². The van der Waals surface area contributed by atoms with Crippen molar-refractivity contribution in [3.8, 4) is 22.8 Å². The van der Waals surface area contributed by atoms with Gasteiger partial charge in [-0.05, 0) is 50.2 Å². The first-order valence-electron chi connectivity index (χ1n) is 12.6. The lowest BCUT2D eigenvalue weighted by Gasteiger charge is -2.26. The normalized spacial score (nSPS) is 14.8. The third-order valence-corrected chi connectivity index (χ3v) is 7.55. The molecule has 210 valence electrons. The van der Waals surface area contributed by atoms with Gasteiger partial charge in [0.2, 0.25) is 0 Å². The van der Waals surface area contributed by atoms with Gasteiger partial charge in [0.1, 0.15) is 29.1 Å².